The van der Waals surface area contributed by atoms with Gasteiger partial charge in [0.25, 0.3) is 5.91 Å². The molecule has 20 heavy (non-hydrogen) atoms. The number of carbonyl (C=O) groups excluding carboxylic acids is 1. The minimum absolute atomic E-state index is 0.0210. The maximum absolute atomic E-state index is 11.8. The van der Waals surface area contributed by atoms with Crippen LogP contribution < -0.4 is 5.43 Å². The average Bonchev–Trinajstić information content (AvgIpc) is 2.45. The molecule has 0 spiro atoms. The van der Waals surface area contributed by atoms with Gasteiger partial charge in [-0.05, 0) is 37.3 Å². The maximum atomic E-state index is 11.8. The highest BCUT2D eigenvalue weighted by atomic mass is 35.5. The lowest BCUT2D eigenvalue weighted by molar-refractivity contribution is 0.0955. The van der Waals surface area contributed by atoms with Crippen LogP contribution in [0.5, 0.6) is 5.75 Å². The number of halogens is 1. The van der Waals surface area contributed by atoms with Crippen molar-refractivity contribution >= 4 is 23.2 Å². The van der Waals surface area contributed by atoms with E-state index in [1.165, 1.54) is 6.07 Å². The normalized spacial score (nSPS) is 11.2. The molecule has 0 heterocycles. The number of benzene rings is 2. The van der Waals surface area contributed by atoms with Gasteiger partial charge >= 0.3 is 0 Å². The molecule has 0 atom stereocenters. The summed E-state index contributed by atoms with van der Waals surface area (Å²) >= 11 is 5.76. The van der Waals surface area contributed by atoms with E-state index in [0.29, 0.717) is 21.9 Å². The molecule has 2 aromatic rings. The molecular formula is C15H13ClN2O2. The summed E-state index contributed by atoms with van der Waals surface area (Å²) in [6.45, 7) is 1.69. The van der Waals surface area contributed by atoms with Crippen LogP contribution in [-0.2, 0) is 0 Å². The number of nitrogens with zero attached hydrogens (tertiary/aromatic N) is 1. The van der Waals surface area contributed by atoms with Gasteiger partial charge < -0.3 is 5.11 Å². The van der Waals surface area contributed by atoms with Gasteiger partial charge in [-0.3, -0.25) is 4.79 Å². The van der Waals surface area contributed by atoms with Crippen molar-refractivity contribution in [3.63, 3.8) is 0 Å². The summed E-state index contributed by atoms with van der Waals surface area (Å²) in [5.74, 6) is -0.286. The smallest absolute Gasteiger partial charge is 0.271 e. The fraction of sp³-hybridized carbons (Fsp3) is 0.0667. The van der Waals surface area contributed by atoms with Crippen LogP contribution in [0.4, 0.5) is 0 Å². The first-order valence-corrected chi connectivity index (χ1v) is 6.34. The molecule has 2 rings (SSSR count). The lowest BCUT2D eigenvalue weighted by atomic mass is 10.1. The Morgan fingerprint density at radius 2 is 1.90 bits per heavy atom. The quantitative estimate of drug-likeness (QED) is 0.673. The lowest BCUT2D eigenvalue weighted by Gasteiger charge is -2.05. The molecule has 0 saturated heterocycles. The topological polar surface area (TPSA) is 61.7 Å². The van der Waals surface area contributed by atoms with Crippen LogP contribution >= 0.6 is 11.6 Å². The predicted molar refractivity (Wildman–Crippen MR) is 79.2 cm³/mol. The minimum atomic E-state index is -0.307. The predicted octanol–water partition coefficient (Wildman–Crippen LogP) is 3.20. The summed E-state index contributed by atoms with van der Waals surface area (Å²) in [4.78, 5) is 11.8. The highest BCUT2D eigenvalue weighted by Crippen LogP contribution is 2.22. The van der Waals surface area contributed by atoms with E-state index in [1.807, 2.05) is 6.07 Å². The summed E-state index contributed by atoms with van der Waals surface area (Å²) in [6.07, 6.45) is 0. The number of phenolic OH excluding ortho intramolecular Hbond substituents is 1. The van der Waals surface area contributed by atoms with Gasteiger partial charge in [0.1, 0.15) is 5.75 Å². The standard InChI is InChI=1S/C15H13ClN2O2/c1-10(13-8-7-12(16)9-14(13)19)17-18-15(20)11-5-3-2-4-6-11/h2-9,19H,1H3,(H,18,20)/b17-10+. The van der Waals surface area contributed by atoms with Crippen LogP contribution in [0.2, 0.25) is 5.02 Å². The third-order valence-corrected chi connectivity index (χ3v) is 2.95. The Bertz CT molecular complexity index is 654. The third-order valence-electron chi connectivity index (χ3n) is 2.71. The zero-order chi connectivity index (χ0) is 14.5. The van der Waals surface area contributed by atoms with Crippen LogP contribution in [0.3, 0.4) is 0 Å². The fourth-order valence-electron chi connectivity index (χ4n) is 1.66. The first-order chi connectivity index (χ1) is 9.58. The molecule has 0 fully saturated rings. The Kier molecular flexibility index (Phi) is 4.38. The number of hydrogen-bond donors (Lipinski definition) is 2. The van der Waals surface area contributed by atoms with Gasteiger partial charge in [0, 0.05) is 16.1 Å². The molecular weight excluding hydrogens is 276 g/mol. The molecule has 0 aliphatic rings. The summed E-state index contributed by atoms with van der Waals surface area (Å²) < 4.78 is 0. The van der Waals surface area contributed by atoms with E-state index in [-0.39, 0.29) is 11.7 Å². The molecule has 0 saturated carbocycles. The number of phenols is 1. The van der Waals surface area contributed by atoms with E-state index in [1.54, 1.807) is 43.3 Å². The minimum Gasteiger partial charge on any atom is -0.507 e. The summed E-state index contributed by atoms with van der Waals surface area (Å²) in [5.41, 5.74) is 3.97. The Hall–Kier alpha value is -2.33. The molecule has 0 aliphatic heterocycles. The molecule has 0 radical (unpaired) electrons. The maximum Gasteiger partial charge on any atom is 0.271 e. The van der Waals surface area contributed by atoms with E-state index in [2.05, 4.69) is 10.5 Å². The zero-order valence-electron chi connectivity index (χ0n) is 10.8. The third kappa shape index (κ3) is 3.36. The van der Waals surface area contributed by atoms with E-state index in [0.717, 1.165) is 0 Å². The molecule has 0 bridgehead atoms. The van der Waals surface area contributed by atoms with Crippen molar-refractivity contribution in [3.05, 3.63) is 64.7 Å². The second-order valence-electron chi connectivity index (χ2n) is 4.17. The van der Waals surface area contributed by atoms with Gasteiger partial charge in [-0.15, -0.1) is 0 Å². The number of rotatable bonds is 3. The van der Waals surface area contributed by atoms with Gasteiger partial charge in [0.05, 0.1) is 5.71 Å². The number of hydrogen-bond acceptors (Lipinski definition) is 3. The highest BCUT2D eigenvalue weighted by molar-refractivity contribution is 6.30. The van der Waals surface area contributed by atoms with Gasteiger partial charge in [0.15, 0.2) is 0 Å². The first kappa shape index (κ1) is 14.1. The zero-order valence-corrected chi connectivity index (χ0v) is 11.6. The Balaban J connectivity index is 2.13. The fourth-order valence-corrected chi connectivity index (χ4v) is 1.83. The van der Waals surface area contributed by atoms with E-state index in [4.69, 9.17) is 11.6 Å². The second kappa shape index (κ2) is 6.21. The van der Waals surface area contributed by atoms with Crippen molar-refractivity contribution in [2.24, 2.45) is 5.10 Å². The first-order valence-electron chi connectivity index (χ1n) is 5.96. The van der Waals surface area contributed by atoms with Crippen LogP contribution in [0.15, 0.2) is 53.6 Å². The summed E-state index contributed by atoms with van der Waals surface area (Å²) in [6, 6.07) is 13.5. The van der Waals surface area contributed by atoms with Gasteiger partial charge in [0.2, 0.25) is 0 Å². The molecule has 2 aromatic carbocycles. The summed E-state index contributed by atoms with van der Waals surface area (Å²) in [7, 11) is 0. The van der Waals surface area contributed by atoms with E-state index < -0.39 is 0 Å². The van der Waals surface area contributed by atoms with Crippen LogP contribution in [-0.4, -0.2) is 16.7 Å². The number of aromatic hydroxyl groups is 1. The molecule has 102 valence electrons. The molecule has 0 unspecified atom stereocenters. The number of hydrazone groups is 1. The molecule has 1 amide bonds. The number of nitrogens with one attached hydrogen (secondary N) is 1. The largest absolute Gasteiger partial charge is 0.507 e. The Labute approximate surface area is 121 Å². The van der Waals surface area contributed by atoms with Crippen molar-refractivity contribution in [3.8, 4) is 5.75 Å². The lowest BCUT2D eigenvalue weighted by Crippen LogP contribution is -2.19. The molecule has 0 aliphatic carbocycles. The van der Waals surface area contributed by atoms with Crippen LogP contribution in [0.1, 0.15) is 22.8 Å². The van der Waals surface area contributed by atoms with Gasteiger partial charge in [-0.2, -0.15) is 5.10 Å². The van der Waals surface area contributed by atoms with Crippen LogP contribution in [0, 0.1) is 0 Å². The second-order valence-corrected chi connectivity index (χ2v) is 4.60. The highest BCUT2D eigenvalue weighted by Gasteiger charge is 2.07. The SMILES string of the molecule is C/C(=N\NC(=O)c1ccccc1)c1ccc(Cl)cc1O. The van der Waals surface area contributed by atoms with E-state index >= 15 is 0 Å². The monoisotopic (exact) mass is 288 g/mol. The Morgan fingerprint density at radius 3 is 2.55 bits per heavy atom. The molecule has 4 nitrogen and oxygen atoms in total. The van der Waals surface area contributed by atoms with Gasteiger partial charge in [-0.1, -0.05) is 29.8 Å². The van der Waals surface area contributed by atoms with Crippen molar-refractivity contribution in [1.82, 2.24) is 5.43 Å². The van der Waals surface area contributed by atoms with Crippen molar-refractivity contribution in [1.29, 1.82) is 0 Å². The van der Waals surface area contributed by atoms with Gasteiger partial charge in [-0.25, -0.2) is 5.43 Å². The van der Waals surface area contributed by atoms with Crippen molar-refractivity contribution in [2.45, 2.75) is 6.92 Å². The average molecular weight is 289 g/mol. The molecule has 5 heteroatoms. The van der Waals surface area contributed by atoms with Crippen molar-refractivity contribution in [2.75, 3.05) is 0 Å². The van der Waals surface area contributed by atoms with Crippen molar-refractivity contribution < 1.29 is 9.90 Å². The van der Waals surface area contributed by atoms with E-state index in [9.17, 15) is 9.90 Å². The van der Waals surface area contributed by atoms with Crippen LogP contribution in [0.25, 0.3) is 0 Å². The summed E-state index contributed by atoms with van der Waals surface area (Å²) in [5, 5.41) is 14.2. The number of amides is 1. The molecule has 0 aromatic heterocycles. The molecule has 2 N–H and O–H groups in total. The Morgan fingerprint density at radius 1 is 1.20 bits per heavy atom. The number of carbonyl (C=O) groups is 1.